The molecule has 5 nitrogen and oxygen atoms in total. The van der Waals surface area contributed by atoms with Crippen molar-refractivity contribution >= 4 is 22.6 Å². The van der Waals surface area contributed by atoms with Gasteiger partial charge in [0.15, 0.2) is 0 Å². The zero-order valence-electron chi connectivity index (χ0n) is 16.8. The van der Waals surface area contributed by atoms with Gasteiger partial charge in [-0.05, 0) is 61.6 Å². The summed E-state index contributed by atoms with van der Waals surface area (Å²) in [5.41, 5.74) is 12.0. The Bertz CT molecular complexity index is 1020. The fourth-order valence-corrected chi connectivity index (χ4v) is 4.26. The van der Waals surface area contributed by atoms with Gasteiger partial charge in [-0.15, -0.1) is 0 Å². The van der Waals surface area contributed by atoms with E-state index in [1.807, 2.05) is 32.2 Å². The van der Waals surface area contributed by atoms with Gasteiger partial charge in [-0.1, -0.05) is 19.9 Å². The number of nitrogens with zero attached hydrogens (tertiary/aromatic N) is 2. The van der Waals surface area contributed by atoms with Gasteiger partial charge < -0.3 is 15.6 Å². The first-order valence-electron chi connectivity index (χ1n) is 10.1. The molecule has 28 heavy (non-hydrogen) atoms. The summed E-state index contributed by atoms with van der Waals surface area (Å²) < 4.78 is 2.43. The molecule has 1 aromatic carbocycles. The second-order valence-corrected chi connectivity index (χ2v) is 7.98. The molecule has 0 saturated carbocycles. The van der Waals surface area contributed by atoms with Crippen LogP contribution in [0.25, 0.3) is 22.0 Å². The number of benzene rings is 1. The van der Waals surface area contributed by atoms with E-state index in [-0.39, 0.29) is 17.9 Å². The molecule has 3 aromatic rings. The predicted octanol–water partition coefficient (Wildman–Crippen LogP) is 3.93. The second kappa shape index (κ2) is 7.30. The van der Waals surface area contributed by atoms with E-state index in [1.165, 1.54) is 22.2 Å². The van der Waals surface area contributed by atoms with Gasteiger partial charge in [0.2, 0.25) is 5.91 Å². The largest absolute Gasteiger partial charge is 0.384 e. The number of nitrogen functional groups attached to an aromatic ring is 1. The van der Waals surface area contributed by atoms with E-state index in [0.29, 0.717) is 5.82 Å². The average Bonchev–Trinajstić information content (AvgIpc) is 3.00. The fourth-order valence-electron chi connectivity index (χ4n) is 4.26. The summed E-state index contributed by atoms with van der Waals surface area (Å²) in [5.74, 6) is 0.687. The van der Waals surface area contributed by atoms with Crippen LogP contribution in [-0.4, -0.2) is 21.5 Å². The van der Waals surface area contributed by atoms with E-state index < -0.39 is 0 Å². The van der Waals surface area contributed by atoms with E-state index in [4.69, 9.17) is 5.73 Å². The van der Waals surface area contributed by atoms with Crippen molar-refractivity contribution < 1.29 is 4.79 Å². The third-order valence-corrected chi connectivity index (χ3v) is 5.77. The van der Waals surface area contributed by atoms with Crippen molar-refractivity contribution in [2.45, 2.75) is 52.6 Å². The van der Waals surface area contributed by atoms with Crippen LogP contribution in [0.3, 0.4) is 0 Å². The van der Waals surface area contributed by atoms with Gasteiger partial charge in [-0.25, -0.2) is 4.98 Å². The maximum absolute atomic E-state index is 12.2. The fraction of sp³-hybridized carbons (Fsp3) is 0.391. The molecule has 1 amide bonds. The highest BCUT2D eigenvalue weighted by Crippen LogP contribution is 2.35. The number of fused-ring (bicyclic) bond motifs is 3. The molecule has 0 aliphatic heterocycles. The first-order valence-corrected chi connectivity index (χ1v) is 10.1. The van der Waals surface area contributed by atoms with Crippen LogP contribution in [0.15, 0.2) is 36.5 Å². The number of nitrogens with one attached hydrogen (secondary N) is 1. The highest BCUT2D eigenvalue weighted by atomic mass is 16.1. The summed E-state index contributed by atoms with van der Waals surface area (Å²) in [6.45, 7) is 7.04. The van der Waals surface area contributed by atoms with Crippen LogP contribution >= 0.6 is 0 Å². The van der Waals surface area contributed by atoms with E-state index in [0.717, 1.165) is 36.9 Å². The Hall–Kier alpha value is -2.82. The number of anilines is 1. The molecule has 0 fully saturated rings. The number of rotatable bonds is 4. The minimum atomic E-state index is 0.0167. The summed E-state index contributed by atoms with van der Waals surface area (Å²) in [6.07, 6.45) is 4.71. The standard InChI is InChI=1S/C23H28N4O/c1-4-27-20-8-5-15(16-6-10-22(24)25-13-16)11-18(20)19-12-17(7-9-21(19)27)26-23(28)14(2)3/h5-6,8,10-11,13-14,17H,4,7,9,12H2,1-3H3,(H2,24,25)(H,26,28). The van der Waals surface area contributed by atoms with Crippen LogP contribution in [0.1, 0.15) is 38.4 Å². The molecular formula is C23H28N4O. The van der Waals surface area contributed by atoms with Gasteiger partial charge >= 0.3 is 0 Å². The third kappa shape index (κ3) is 3.26. The van der Waals surface area contributed by atoms with Crippen molar-refractivity contribution in [2.24, 2.45) is 5.92 Å². The quantitative estimate of drug-likeness (QED) is 0.724. The normalized spacial score (nSPS) is 16.4. The van der Waals surface area contributed by atoms with Crippen molar-refractivity contribution in [3.63, 3.8) is 0 Å². The van der Waals surface area contributed by atoms with Crippen LogP contribution in [0.4, 0.5) is 5.82 Å². The zero-order valence-corrected chi connectivity index (χ0v) is 16.8. The summed E-state index contributed by atoms with van der Waals surface area (Å²) >= 11 is 0. The van der Waals surface area contributed by atoms with Crippen molar-refractivity contribution in [3.05, 3.63) is 47.8 Å². The second-order valence-electron chi connectivity index (χ2n) is 7.98. The number of amides is 1. The number of hydrogen-bond donors (Lipinski definition) is 2. The first kappa shape index (κ1) is 18.5. The monoisotopic (exact) mass is 376 g/mol. The lowest BCUT2D eigenvalue weighted by Crippen LogP contribution is -2.40. The molecule has 5 heteroatoms. The van der Waals surface area contributed by atoms with Crippen LogP contribution < -0.4 is 11.1 Å². The van der Waals surface area contributed by atoms with Gasteiger partial charge in [0.25, 0.3) is 0 Å². The number of carbonyl (C=O) groups is 1. The van der Waals surface area contributed by atoms with Crippen LogP contribution in [0.5, 0.6) is 0 Å². The molecule has 1 aliphatic carbocycles. The summed E-state index contributed by atoms with van der Waals surface area (Å²) in [5, 5.41) is 4.52. The molecule has 146 valence electrons. The number of aryl methyl sites for hydroxylation is 1. The molecule has 0 radical (unpaired) electrons. The SMILES string of the molecule is CCn1c2c(c3cc(-c4ccc(N)nc4)ccc31)CC(NC(=O)C(C)C)CC2. The van der Waals surface area contributed by atoms with Gasteiger partial charge in [0.05, 0.1) is 0 Å². The molecule has 4 rings (SSSR count). The molecule has 0 bridgehead atoms. The summed E-state index contributed by atoms with van der Waals surface area (Å²) in [7, 11) is 0. The predicted molar refractivity (Wildman–Crippen MR) is 114 cm³/mol. The van der Waals surface area contributed by atoms with E-state index >= 15 is 0 Å². The lowest BCUT2D eigenvalue weighted by atomic mass is 9.90. The minimum absolute atomic E-state index is 0.0167. The summed E-state index contributed by atoms with van der Waals surface area (Å²) in [6, 6.07) is 10.7. The Kier molecular flexibility index (Phi) is 4.84. The van der Waals surface area contributed by atoms with Gasteiger partial charge in [0.1, 0.15) is 5.82 Å². The molecule has 1 atom stereocenters. The molecule has 1 aliphatic rings. The Morgan fingerprint density at radius 3 is 2.75 bits per heavy atom. The van der Waals surface area contributed by atoms with Crippen LogP contribution in [0, 0.1) is 5.92 Å². The number of hydrogen-bond acceptors (Lipinski definition) is 3. The Morgan fingerprint density at radius 1 is 1.29 bits per heavy atom. The van der Waals surface area contributed by atoms with Gasteiger partial charge in [-0.2, -0.15) is 0 Å². The lowest BCUT2D eigenvalue weighted by molar-refractivity contribution is -0.124. The summed E-state index contributed by atoms with van der Waals surface area (Å²) in [4.78, 5) is 16.4. The van der Waals surface area contributed by atoms with E-state index in [9.17, 15) is 4.79 Å². The van der Waals surface area contributed by atoms with Crippen molar-refractivity contribution in [1.82, 2.24) is 14.9 Å². The van der Waals surface area contributed by atoms with Gasteiger partial charge in [0, 0.05) is 46.9 Å². The lowest BCUT2D eigenvalue weighted by Gasteiger charge is -2.25. The maximum atomic E-state index is 12.2. The molecule has 0 spiro atoms. The number of pyridine rings is 1. The average molecular weight is 377 g/mol. The van der Waals surface area contributed by atoms with Crippen molar-refractivity contribution in [1.29, 1.82) is 0 Å². The molecule has 2 heterocycles. The first-order chi connectivity index (χ1) is 13.5. The Morgan fingerprint density at radius 2 is 2.07 bits per heavy atom. The Labute approximate surface area is 166 Å². The topological polar surface area (TPSA) is 72.9 Å². The minimum Gasteiger partial charge on any atom is -0.384 e. The highest BCUT2D eigenvalue weighted by Gasteiger charge is 2.26. The Balaban J connectivity index is 1.75. The maximum Gasteiger partial charge on any atom is 0.222 e. The van der Waals surface area contributed by atoms with Crippen LogP contribution in [-0.2, 0) is 24.2 Å². The third-order valence-electron chi connectivity index (χ3n) is 5.77. The number of carbonyl (C=O) groups excluding carboxylic acids is 1. The zero-order chi connectivity index (χ0) is 19.8. The van der Waals surface area contributed by atoms with Gasteiger partial charge in [-0.3, -0.25) is 4.79 Å². The molecule has 1 unspecified atom stereocenters. The molecule has 2 aromatic heterocycles. The highest BCUT2D eigenvalue weighted by molar-refractivity contribution is 5.90. The van der Waals surface area contributed by atoms with E-state index in [1.54, 1.807) is 0 Å². The van der Waals surface area contributed by atoms with Crippen LogP contribution in [0.2, 0.25) is 0 Å². The smallest absolute Gasteiger partial charge is 0.222 e. The molecule has 3 N–H and O–H groups in total. The van der Waals surface area contributed by atoms with Crippen molar-refractivity contribution in [2.75, 3.05) is 5.73 Å². The number of aromatic nitrogens is 2. The molecular weight excluding hydrogens is 348 g/mol. The molecule has 0 saturated heterocycles. The van der Waals surface area contributed by atoms with E-state index in [2.05, 4.69) is 40.0 Å². The van der Waals surface area contributed by atoms with Crippen molar-refractivity contribution in [3.8, 4) is 11.1 Å². The number of nitrogens with two attached hydrogens (primary N) is 1.